The first-order chi connectivity index (χ1) is 15.2. The number of anilines is 2. The third-order valence-electron chi connectivity index (χ3n) is 5.48. The Morgan fingerprint density at radius 1 is 1.19 bits per heavy atom. The monoisotopic (exact) mass is 421 g/mol. The second kappa shape index (κ2) is 8.17. The van der Waals surface area contributed by atoms with Gasteiger partial charge in [0, 0.05) is 12.5 Å². The Morgan fingerprint density at radius 2 is 2.06 bits per heavy atom. The summed E-state index contributed by atoms with van der Waals surface area (Å²) in [5.41, 5.74) is 7.67. The van der Waals surface area contributed by atoms with Crippen LogP contribution < -0.4 is 15.8 Å². The van der Waals surface area contributed by atoms with Crippen molar-refractivity contribution in [1.29, 1.82) is 0 Å². The van der Waals surface area contributed by atoms with Crippen LogP contribution in [0.2, 0.25) is 0 Å². The Kier molecular flexibility index (Phi) is 5.06. The van der Waals surface area contributed by atoms with Crippen LogP contribution >= 0.6 is 0 Å². The average molecular weight is 421 g/mol. The number of hydrogen-bond acceptors (Lipinski definition) is 10. The van der Waals surface area contributed by atoms with E-state index in [4.69, 9.17) is 14.9 Å². The van der Waals surface area contributed by atoms with E-state index in [1.807, 2.05) is 31.2 Å². The molecule has 0 bridgehead atoms. The van der Waals surface area contributed by atoms with E-state index < -0.39 is 0 Å². The standard InChI is InChI=1S/C20H23N9O2/c1-2-30-15-7-5-14(6-8-15)29-17-16(25-28-29)11-23-20(24-17)22-10-12-3-4-13(9-12)18-26-27-19(21)31-18/h5-8,11-13H,2-4,9-10H2,1H3,(H2,21,27)(H,22,23,24)/t12-,13-/m1/s1. The van der Waals surface area contributed by atoms with E-state index in [1.165, 1.54) is 0 Å². The predicted octanol–water partition coefficient (Wildman–Crippen LogP) is 2.57. The number of nitrogens with two attached hydrogens (primary N) is 1. The molecule has 1 saturated carbocycles. The van der Waals surface area contributed by atoms with Gasteiger partial charge in [-0.2, -0.15) is 9.67 Å². The summed E-state index contributed by atoms with van der Waals surface area (Å²) >= 11 is 0. The Labute approximate surface area is 178 Å². The van der Waals surface area contributed by atoms with Gasteiger partial charge in [0.05, 0.1) is 18.5 Å². The van der Waals surface area contributed by atoms with Gasteiger partial charge in [-0.3, -0.25) is 0 Å². The van der Waals surface area contributed by atoms with Crippen LogP contribution in [0.4, 0.5) is 12.0 Å². The van der Waals surface area contributed by atoms with Gasteiger partial charge >= 0.3 is 6.01 Å². The number of hydrogen-bond donors (Lipinski definition) is 2. The topological polar surface area (TPSA) is 143 Å². The summed E-state index contributed by atoms with van der Waals surface area (Å²) in [6.07, 6.45) is 4.71. The van der Waals surface area contributed by atoms with Gasteiger partial charge in [0.1, 0.15) is 5.75 Å². The van der Waals surface area contributed by atoms with Crippen LogP contribution in [0.3, 0.4) is 0 Å². The molecule has 0 saturated heterocycles. The lowest BCUT2D eigenvalue weighted by Crippen LogP contribution is -2.13. The van der Waals surface area contributed by atoms with Crippen molar-refractivity contribution in [3.63, 3.8) is 0 Å². The fourth-order valence-corrected chi connectivity index (χ4v) is 3.97. The molecule has 160 valence electrons. The molecule has 1 aromatic carbocycles. The second-order valence-corrected chi connectivity index (χ2v) is 7.57. The number of nitrogen functional groups attached to an aromatic ring is 1. The molecule has 0 amide bonds. The van der Waals surface area contributed by atoms with Crippen molar-refractivity contribution in [2.75, 3.05) is 24.2 Å². The molecule has 2 atom stereocenters. The fraction of sp³-hybridized carbons (Fsp3) is 0.400. The van der Waals surface area contributed by atoms with Crippen LogP contribution in [0.25, 0.3) is 16.9 Å². The predicted molar refractivity (Wildman–Crippen MR) is 113 cm³/mol. The van der Waals surface area contributed by atoms with Crippen molar-refractivity contribution in [3.8, 4) is 11.4 Å². The van der Waals surface area contributed by atoms with E-state index in [9.17, 15) is 0 Å². The molecule has 1 aliphatic rings. The number of aromatic nitrogens is 7. The lowest BCUT2D eigenvalue weighted by Gasteiger charge is -2.11. The number of rotatable bonds is 7. The number of ether oxygens (including phenoxy) is 1. The summed E-state index contributed by atoms with van der Waals surface area (Å²) in [5.74, 6) is 2.71. The summed E-state index contributed by atoms with van der Waals surface area (Å²) in [7, 11) is 0. The van der Waals surface area contributed by atoms with Crippen molar-refractivity contribution in [1.82, 2.24) is 35.2 Å². The van der Waals surface area contributed by atoms with Gasteiger partial charge in [0.2, 0.25) is 11.8 Å². The van der Waals surface area contributed by atoms with Crippen molar-refractivity contribution in [3.05, 3.63) is 36.4 Å². The highest BCUT2D eigenvalue weighted by atomic mass is 16.5. The van der Waals surface area contributed by atoms with E-state index in [-0.39, 0.29) is 11.9 Å². The quantitative estimate of drug-likeness (QED) is 0.457. The summed E-state index contributed by atoms with van der Waals surface area (Å²) < 4.78 is 12.6. The zero-order valence-electron chi connectivity index (χ0n) is 17.1. The van der Waals surface area contributed by atoms with Gasteiger partial charge in [0.15, 0.2) is 11.2 Å². The van der Waals surface area contributed by atoms with Crippen LogP contribution in [-0.4, -0.2) is 48.3 Å². The second-order valence-electron chi connectivity index (χ2n) is 7.57. The molecule has 3 aromatic heterocycles. The van der Waals surface area contributed by atoms with Crippen LogP contribution in [-0.2, 0) is 0 Å². The van der Waals surface area contributed by atoms with E-state index in [0.717, 1.165) is 37.2 Å². The first-order valence-electron chi connectivity index (χ1n) is 10.3. The Balaban J connectivity index is 1.27. The molecule has 31 heavy (non-hydrogen) atoms. The van der Waals surface area contributed by atoms with Crippen molar-refractivity contribution < 1.29 is 9.15 Å². The van der Waals surface area contributed by atoms with E-state index in [1.54, 1.807) is 10.9 Å². The lowest BCUT2D eigenvalue weighted by molar-refractivity contribution is 0.340. The molecule has 3 N–H and O–H groups in total. The van der Waals surface area contributed by atoms with Crippen molar-refractivity contribution in [2.24, 2.45) is 5.92 Å². The first-order valence-corrected chi connectivity index (χ1v) is 10.3. The zero-order chi connectivity index (χ0) is 21.2. The molecule has 0 unspecified atom stereocenters. The Bertz CT molecular complexity index is 1170. The summed E-state index contributed by atoms with van der Waals surface area (Å²) in [5, 5.41) is 19.5. The molecular weight excluding hydrogens is 398 g/mol. The van der Waals surface area contributed by atoms with Gasteiger partial charge in [-0.05, 0) is 56.4 Å². The molecule has 11 nitrogen and oxygen atoms in total. The number of nitrogens with one attached hydrogen (secondary N) is 1. The minimum absolute atomic E-state index is 0.121. The average Bonchev–Trinajstić information content (AvgIpc) is 3.52. The zero-order valence-corrected chi connectivity index (χ0v) is 17.1. The van der Waals surface area contributed by atoms with Crippen LogP contribution in [0.5, 0.6) is 5.75 Å². The minimum atomic E-state index is 0.121. The van der Waals surface area contributed by atoms with Crippen LogP contribution in [0.1, 0.15) is 38.0 Å². The van der Waals surface area contributed by atoms with E-state index >= 15 is 0 Å². The maximum atomic E-state index is 5.54. The van der Waals surface area contributed by atoms with Crippen molar-refractivity contribution in [2.45, 2.75) is 32.1 Å². The van der Waals surface area contributed by atoms with Crippen molar-refractivity contribution >= 4 is 23.1 Å². The van der Waals surface area contributed by atoms with Gasteiger partial charge < -0.3 is 20.2 Å². The molecule has 1 fully saturated rings. The maximum absolute atomic E-state index is 5.54. The number of fused-ring (bicyclic) bond motifs is 1. The van der Waals surface area contributed by atoms with Gasteiger partial charge in [0.25, 0.3) is 0 Å². The van der Waals surface area contributed by atoms with Gasteiger partial charge in [-0.15, -0.1) is 10.2 Å². The van der Waals surface area contributed by atoms with Crippen LogP contribution in [0.15, 0.2) is 34.9 Å². The van der Waals surface area contributed by atoms with E-state index in [0.29, 0.717) is 35.5 Å². The number of benzene rings is 1. The fourth-order valence-electron chi connectivity index (χ4n) is 3.97. The summed E-state index contributed by atoms with van der Waals surface area (Å²) in [6.45, 7) is 3.34. The molecule has 0 aliphatic heterocycles. The highest BCUT2D eigenvalue weighted by molar-refractivity contribution is 5.72. The Hall–Kier alpha value is -3.76. The third-order valence-corrected chi connectivity index (χ3v) is 5.48. The van der Waals surface area contributed by atoms with Gasteiger partial charge in [-0.25, -0.2) is 4.98 Å². The molecule has 11 heteroatoms. The molecule has 3 heterocycles. The van der Waals surface area contributed by atoms with Gasteiger partial charge in [-0.1, -0.05) is 10.3 Å². The largest absolute Gasteiger partial charge is 0.494 e. The molecule has 5 rings (SSSR count). The van der Waals surface area contributed by atoms with Crippen LogP contribution in [0, 0.1) is 5.92 Å². The molecule has 1 aliphatic carbocycles. The van der Waals surface area contributed by atoms with E-state index in [2.05, 4.69) is 35.8 Å². The molecule has 4 aromatic rings. The smallest absolute Gasteiger partial charge is 0.312 e. The highest BCUT2D eigenvalue weighted by Gasteiger charge is 2.29. The Morgan fingerprint density at radius 3 is 2.84 bits per heavy atom. The SMILES string of the molecule is CCOc1ccc(-n2nnc3cnc(NC[C@@H]4CC[C@@H](c5nnc(N)o5)C4)nc32)cc1. The molecular formula is C20H23N9O2. The lowest BCUT2D eigenvalue weighted by atomic mass is 10.1. The summed E-state index contributed by atoms with van der Waals surface area (Å²) in [4.78, 5) is 9.02. The highest BCUT2D eigenvalue weighted by Crippen LogP contribution is 2.37. The maximum Gasteiger partial charge on any atom is 0.312 e. The third kappa shape index (κ3) is 3.98. The molecule has 0 spiro atoms. The first kappa shape index (κ1) is 19.2. The summed E-state index contributed by atoms with van der Waals surface area (Å²) in [6, 6.07) is 7.78. The molecule has 0 radical (unpaired) electrons. The number of nitrogens with zero attached hydrogens (tertiary/aromatic N) is 7. The normalized spacial score (nSPS) is 18.5. The minimum Gasteiger partial charge on any atom is -0.494 e.